The van der Waals surface area contributed by atoms with Gasteiger partial charge in [-0.25, -0.2) is 4.98 Å². The second kappa shape index (κ2) is 5.59. The van der Waals surface area contributed by atoms with Crippen LogP contribution in [0.25, 0.3) is 0 Å². The molecule has 2 aromatic heterocycles. The lowest BCUT2D eigenvalue weighted by Crippen LogP contribution is -2.08. The van der Waals surface area contributed by atoms with E-state index in [1.807, 2.05) is 17.7 Å². The van der Waals surface area contributed by atoms with E-state index in [-0.39, 0.29) is 5.78 Å². The molecule has 2 N–H and O–H groups in total. The number of carbonyl (C=O) groups excluding carboxylic acids is 1. The van der Waals surface area contributed by atoms with Crippen molar-refractivity contribution in [3.05, 3.63) is 36.2 Å². The summed E-state index contributed by atoms with van der Waals surface area (Å²) < 4.78 is 3.62. The van der Waals surface area contributed by atoms with Crippen LogP contribution in [0.3, 0.4) is 0 Å². The molecule has 0 bridgehead atoms. The van der Waals surface area contributed by atoms with Gasteiger partial charge in [-0.15, -0.1) is 0 Å². The van der Waals surface area contributed by atoms with E-state index in [4.69, 9.17) is 5.73 Å². The van der Waals surface area contributed by atoms with Crippen LogP contribution in [-0.2, 0) is 19.5 Å². The molecule has 96 valence electrons. The number of imidazole rings is 1. The van der Waals surface area contributed by atoms with E-state index in [0.717, 1.165) is 12.1 Å². The summed E-state index contributed by atoms with van der Waals surface area (Å²) in [5.74, 6) is 0.00132. The van der Waals surface area contributed by atoms with Gasteiger partial charge >= 0.3 is 0 Å². The first-order chi connectivity index (χ1) is 8.72. The first-order valence-corrected chi connectivity index (χ1v) is 5.99. The van der Waals surface area contributed by atoms with Crippen molar-refractivity contribution in [2.75, 3.05) is 6.54 Å². The summed E-state index contributed by atoms with van der Waals surface area (Å²) >= 11 is 0. The molecule has 18 heavy (non-hydrogen) atoms. The maximum absolute atomic E-state index is 12.0. The van der Waals surface area contributed by atoms with Crippen molar-refractivity contribution in [3.8, 4) is 0 Å². The zero-order chi connectivity index (χ0) is 13.0. The Bertz CT molecular complexity index is 528. The van der Waals surface area contributed by atoms with Gasteiger partial charge in [0, 0.05) is 38.4 Å². The molecule has 2 aromatic rings. The highest BCUT2D eigenvalue weighted by atomic mass is 16.1. The van der Waals surface area contributed by atoms with Crippen LogP contribution in [0.1, 0.15) is 23.0 Å². The minimum atomic E-state index is 0.00132. The molecule has 0 aliphatic heterocycles. The quantitative estimate of drug-likeness (QED) is 0.753. The highest BCUT2D eigenvalue weighted by molar-refractivity contribution is 5.95. The Morgan fingerprint density at radius 2 is 2.28 bits per heavy atom. The zero-order valence-electron chi connectivity index (χ0n) is 10.4. The summed E-state index contributed by atoms with van der Waals surface area (Å²) in [6, 6.07) is 0. The summed E-state index contributed by atoms with van der Waals surface area (Å²) in [4.78, 5) is 16.1. The average molecular weight is 247 g/mol. The van der Waals surface area contributed by atoms with Gasteiger partial charge in [-0.05, 0) is 12.5 Å². The van der Waals surface area contributed by atoms with Crippen molar-refractivity contribution in [1.82, 2.24) is 19.3 Å². The van der Waals surface area contributed by atoms with Crippen LogP contribution >= 0.6 is 0 Å². The molecular weight excluding hydrogens is 230 g/mol. The van der Waals surface area contributed by atoms with E-state index in [1.165, 1.54) is 0 Å². The molecule has 0 aliphatic carbocycles. The third-order valence-electron chi connectivity index (χ3n) is 2.68. The third-order valence-corrected chi connectivity index (χ3v) is 2.68. The smallest absolute Gasteiger partial charge is 0.187 e. The lowest BCUT2D eigenvalue weighted by Gasteiger charge is -1.96. The van der Waals surface area contributed by atoms with E-state index in [0.29, 0.717) is 25.2 Å². The first-order valence-electron chi connectivity index (χ1n) is 5.99. The maximum Gasteiger partial charge on any atom is 0.187 e. The first kappa shape index (κ1) is 12.5. The minimum Gasteiger partial charge on any atom is -0.335 e. The van der Waals surface area contributed by atoms with Gasteiger partial charge in [-0.1, -0.05) is 0 Å². The topological polar surface area (TPSA) is 78.7 Å². The zero-order valence-corrected chi connectivity index (χ0v) is 10.4. The summed E-state index contributed by atoms with van der Waals surface area (Å²) in [6.07, 6.45) is 7.31. The highest BCUT2D eigenvalue weighted by Crippen LogP contribution is 2.05. The molecule has 2 heterocycles. The van der Waals surface area contributed by atoms with Gasteiger partial charge in [0.25, 0.3) is 0 Å². The van der Waals surface area contributed by atoms with Crippen LogP contribution in [0.15, 0.2) is 24.9 Å². The van der Waals surface area contributed by atoms with Crippen molar-refractivity contribution >= 4 is 5.78 Å². The van der Waals surface area contributed by atoms with Gasteiger partial charge < -0.3 is 10.3 Å². The van der Waals surface area contributed by atoms with Crippen molar-refractivity contribution in [3.63, 3.8) is 0 Å². The monoisotopic (exact) mass is 247 g/mol. The fraction of sp³-hybridized carbons (Fsp3) is 0.417. The molecule has 0 spiro atoms. The van der Waals surface area contributed by atoms with E-state index >= 15 is 0 Å². The number of carbonyl (C=O) groups is 1. The number of aryl methyl sites for hydroxylation is 1. The molecule has 0 unspecified atom stereocenters. The minimum absolute atomic E-state index is 0.00132. The number of Topliss-reactive ketones (excluding diaryl/α,β-unsaturated/α-hetero) is 1. The molecule has 2 rings (SSSR count). The SMILES string of the molecule is CCn1cc(CC(=O)c2cn(CCN)cn2)cn1. The predicted octanol–water partition coefficient (Wildman–Crippen LogP) is 0.484. The number of ketones is 1. The van der Waals surface area contributed by atoms with Crippen LogP contribution in [-0.4, -0.2) is 31.7 Å². The van der Waals surface area contributed by atoms with Crippen LogP contribution in [0, 0.1) is 0 Å². The number of hydrogen-bond acceptors (Lipinski definition) is 4. The molecular formula is C12H17N5O. The van der Waals surface area contributed by atoms with Gasteiger partial charge in [0.2, 0.25) is 0 Å². The standard InChI is InChI=1S/C12H17N5O/c1-2-17-7-10(6-15-17)5-12(18)11-8-16(4-3-13)9-14-11/h6-9H,2-5,13H2,1H3. The largest absolute Gasteiger partial charge is 0.335 e. The molecule has 0 aliphatic rings. The summed E-state index contributed by atoms with van der Waals surface area (Å²) in [5.41, 5.74) is 6.83. The van der Waals surface area contributed by atoms with Gasteiger partial charge in [-0.3, -0.25) is 9.48 Å². The Balaban J connectivity index is 2.02. The molecule has 0 amide bonds. The Morgan fingerprint density at radius 1 is 1.44 bits per heavy atom. The molecule has 0 radical (unpaired) electrons. The average Bonchev–Trinajstić information content (AvgIpc) is 2.98. The molecule has 6 heteroatoms. The van der Waals surface area contributed by atoms with Crippen molar-refractivity contribution in [1.29, 1.82) is 0 Å². The fourth-order valence-corrected chi connectivity index (χ4v) is 1.72. The third kappa shape index (κ3) is 2.84. The Labute approximate surface area is 105 Å². The summed E-state index contributed by atoms with van der Waals surface area (Å²) in [5, 5.41) is 4.14. The lowest BCUT2D eigenvalue weighted by atomic mass is 10.1. The van der Waals surface area contributed by atoms with Crippen molar-refractivity contribution in [2.45, 2.75) is 26.4 Å². The number of rotatable bonds is 6. The molecule has 6 nitrogen and oxygen atoms in total. The van der Waals surface area contributed by atoms with Crippen LogP contribution in [0.5, 0.6) is 0 Å². The number of nitrogens with zero attached hydrogens (tertiary/aromatic N) is 4. The molecule has 0 saturated heterocycles. The van der Waals surface area contributed by atoms with Crippen LogP contribution in [0.4, 0.5) is 0 Å². The number of nitrogens with two attached hydrogens (primary N) is 1. The van der Waals surface area contributed by atoms with E-state index in [9.17, 15) is 4.79 Å². The predicted molar refractivity (Wildman–Crippen MR) is 67.2 cm³/mol. The number of aromatic nitrogens is 4. The van der Waals surface area contributed by atoms with Crippen LogP contribution < -0.4 is 5.73 Å². The van der Waals surface area contributed by atoms with E-state index < -0.39 is 0 Å². The van der Waals surface area contributed by atoms with Gasteiger partial charge in [0.05, 0.1) is 12.5 Å². The normalized spacial score (nSPS) is 10.8. The van der Waals surface area contributed by atoms with Gasteiger partial charge in [0.1, 0.15) is 5.69 Å². The second-order valence-electron chi connectivity index (χ2n) is 4.09. The number of hydrogen-bond donors (Lipinski definition) is 1. The second-order valence-corrected chi connectivity index (χ2v) is 4.09. The summed E-state index contributed by atoms with van der Waals surface area (Å²) in [6.45, 7) is 4.02. The Hall–Kier alpha value is -1.95. The van der Waals surface area contributed by atoms with Crippen molar-refractivity contribution < 1.29 is 4.79 Å². The molecule has 0 atom stereocenters. The maximum atomic E-state index is 12.0. The van der Waals surface area contributed by atoms with Crippen molar-refractivity contribution in [2.24, 2.45) is 5.73 Å². The molecule has 0 saturated carbocycles. The van der Waals surface area contributed by atoms with E-state index in [2.05, 4.69) is 10.1 Å². The molecule has 0 fully saturated rings. The Morgan fingerprint density at radius 3 is 2.94 bits per heavy atom. The van der Waals surface area contributed by atoms with Gasteiger partial charge in [-0.2, -0.15) is 5.10 Å². The summed E-state index contributed by atoms with van der Waals surface area (Å²) in [7, 11) is 0. The lowest BCUT2D eigenvalue weighted by molar-refractivity contribution is 0.0988. The highest BCUT2D eigenvalue weighted by Gasteiger charge is 2.11. The van der Waals surface area contributed by atoms with E-state index in [1.54, 1.807) is 23.4 Å². The Kier molecular flexibility index (Phi) is 3.88. The fourth-order valence-electron chi connectivity index (χ4n) is 1.72. The van der Waals surface area contributed by atoms with Gasteiger partial charge in [0.15, 0.2) is 5.78 Å². The molecule has 0 aromatic carbocycles. The van der Waals surface area contributed by atoms with Crippen LogP contribution in [0.2, 0.25) is 0 Å².